The van der Waals surface area contributed by atoms with Crippen LogP contribution in [0.4, 0.5) is 19.0 Å². The molecule has 0 bridgehead atoms. The molecule has 1 N–H and O–H groups in total. The topological polar surface area (TPSA) is 93.8 Å². The molecule has 2 rings (SSSR count). The number of rotatable bonds is 7. The Morgan fingerprint density at radius 3 is 2.74 bits per heavy atom. The Labute approximate surface area is 129 Å². The molecule has 0 saturated heterocycles. The molecule has 0 radical (unpaired) electrons. The van der Waals surface area contributed by atoms with Crippen molar-refractivity contribution in [2.45, 2.75) is 38.3 Å². The molecule has 2 aromatic heterocycles. The number of hydrogen-bond acceptors (Lipinski definition) is 6. The van der Waals surface area contributed by atoms with Crippen molar-refractivity contribution in [2.75, 3.05) is 5.32 Å². The molecular formula is C13H14F3N5O2. The van der Waals surface area contributed by atoms with Crippen LogP contribution in [0, 0.1) is 0 Å². The fourth-order valence-electron chi connectivity index (χ4n) is 1.79. The van der Waals surface area contributed by atoms with E-state index in [1.807, 2.05) is 0 Å². The number of hydrogen-bond donors (Lipinski definition) is 1. The second-order valence-electron chi connectivity index (χ2n) is 4.72. The van der Waals surface area contributed by atoms with E-state index in [2.05, 4.69) is 29.9 Å². The SMILES string of the molecule is O=C(CCCCCc1noc(C(F)(F)F)n1)Nc1ccncn1. The summed E-state index contributed by atoms with van der Waals surface area (Å²) in [4.78, 5) is 22.5. The number of anilines is 1. The third-order valence-corrected chi connectivity index (χ3v) is 2.86. The average molecular weight is 329 g/mol. The van der Waals surface area contributed by atoms with E-state index >= 15 is 0 Å². The molecular weight excluding hydrogens is 315 g/mol. The highest BCUT2D eigenvalue weighted by Crippen LogP contribution is 2.27. The zero-order chi connectivity index (χ0) is 16.7. The third-order valence-electron chi connectivity index (χ3n) is 2.86. The maximum Gasteiger partial charge on any atom is 0.471 e. The predicted octanol–water partition coefficient (Wildman–Crippen LogP) is 2.62. The lowest BCUT2D eigenvalue weighted by Crippen LogP contribution is -2.12. The molecule has 0 atom stereocenters. The predicted molar refractivity (Wildman–Crippen MR) is 72.1 cm³/mol. The van der Waals surface area contributed by atoms with Crippen molar-refractivity contribution in [3.05, 3.63) is 30.3 Å². The minimum atomic E-state index is -4.62. The average Bonchev–Trinajstić information content (AvgIpc) is 2.97. The Morgan fingerprint density at radius 2 is 2.09 bits per heavy atom. The summed E-state index contributed by atoms with van der Waals surface area (Å²) in [6, 6.07) is 1.58. The molecule has 7 nitrogen and oxygen atoms in total. The van der Waals surface area contributed by atoms with Gasteiger partial charge in [-0.15, -0.1) is 0 Å². The van der Waals surface area contributed by atoms with Crippen molar-refractivity contribution in [1.82, 2.24) is 20.1 Å². The molecule has 0 unspecified atom stereocenters. The van der Waals surface area contributed by atoms with Gasteiger partial charge in [-0.3, -0.25) is 4.79 Å². The van der Waals surface area contributed by atoms with Gasteiger partial charge in [-0.1, -0.05) is 11.6 Å². The summed E-state index contributed by atoms with van der Waals surface area (Å²) < 4.78 is 40.9. The van der Waals surface area contributed by atoms with Crippen molar-refractivity contribution in [3.8, 4) is 0 Å². The van der Waals surface area contributed by atoms with E-state index in [0.29, 0.717) is 31.5 Å². The van der Waals surface area contributed by atoms with Gasteiger partial charge in [-0.2, -0.15) is 18.2 Å². The number of halogens is 3. The quantitative estimate of drug-likeness (QED) is 0.785. The fourth-order valence-corrected chi connectivity index (χ4v) is 1.79. The molecule has 23 heavy (non-hydrogen) atoms. The highest BCUT2D eigenvalue weighted by Gasteiger charge is 2.38. The van der Waals surface area contributed by atoms with E-state index in [9.17, 15) is 18.0 Å². The maximum absolute atomic E-state index is 12.3. The van der Waals surface area contributed by atoms with E-state index in [4.69, 9.17) is 0 Å². The normalized spacial score (nSPS) is 11.4. The Morgan fingerprint density at radius 1 is 1.26 bits per heavy atom. The first-order valence-electron chi connectivity index (χ1n) is 6.91. The third kappa shape index (κ3) is 5.64. The van der Waals surface area contributed by atoms with Crippen LogP contribution in [0.25, 0.3) is 0 Å². The van der Waals surface area contributed by atoms with Gasteiger partial charge in [0.1, 0.15) is 12.1 Å². The van der Waals surface area contributed by atoms with Gasteiger partial charge in [-0.05, 0) is 18.9 Å². The first-order chi connectivity index (χ1) is 10.9. The fraction of sp³-hybridized carbons (Fsp3) is 0.462. The van der Waals surface area contributed by atoms with Crippen LogP contribution in [-0.4, -0.2) is 26.0 Å². The van der Waals surface area contributed by atoms with Crippen LogP contribution in [0.5, 0.6) is 0 Å². The molecule has 0 aliphatic carbocycles. The zero-order valence-electron chi connectivity index (χ0n) is 12.0. The van der Waals surface area contributed by atoms with Crippen LogP contribution < -0.4 is 5.32 Å². The van der Waals surface area contributed by atoms with Gasteiger partial charge < -0.3 is 9.84 Å². The summed E-state index contributed by atoms with van der Waals surface area (Å²) >= 11 is 0. The Balaban J connectivity index is 1.62. The van der Waals surface area contributed by atoms with Crippen LogP contribution in [0.15, 0.2) is 23.1 Å². The molecule has 124 valence electrons. The summed E-state index contributed by atoms with van der Waals surface area (Å²) in [5.74, 6) is -1.07. The van der Waals surface area contributed by atoms with Gasteiger partial charge >= 0.3 is 12.1 Å². The summed E-state index contributed by atoms with van der Waals surface area (Å²) in [6.07, 6.45) is 0.617. The lowest BCUT2D eigenvalue weighted by Gasteiger charge is -2.03. The highest BCUT2D eigenvalue weighted by molar-refractivity contribution is 5.89. The van der Waals surface area contributed by atoms with Gasteiger partial charge in [0, 0.05) is 19.0 Å². The van der Waals surface area contributed by atoms with E-state index in [1.54, 1.807) is 6.07 Å². The first-order valence-corrected chi connectivity index (χ1v) is 6.91. The number of carbonyl (C=O) groups is 1. The van der Waals surface area contributed by atoms with Gasteiger partial charge in [0.05, 0.1) is 0 Å². The standard InChI is InChI=1S/C13H14F3N5O2/c14-13(15,16)12-20-10(21-23-12)4-2-1-3-5-11(22)19-9-6-7-17-8-18-9/h6-8H,1-5H2,(H,17,18,19,22). The maximum atomic E-state index is 12.3. The van der Waals surface area contributed by atoms with Crippen molar-refractivity contribution < 1.29 is 22.5 Å². The van der Waals surface area contributed by atoms with Crippen molar-refractivity contribution in [1.29, 1.82) is 0 Å². The molecule has 2 heterocycles. The smallest absolute Gasteiger partial charge is 0.329 e. The van der Waals surface area contributed by atoms with E-state index in [0.717, 1.165) is 0 Å². The number of aromatic nitrogens is 4. The van der Waals surface area contributed by atoms with Gasteiger partial charge in [-0.25, -0.2) is 9.97 Å². The summed E-state index contributed by atoms with van der Waals surface area (Å²) in [5.41, 5.74) is 0. The molecule has 0 aliphatic heterocycles. The zero-order valence-corrected chi connectivity index (χ0v) is 12.0. The lowest BCUT2D eigenvalue weighted by atomic mass is 10.1. The van der Waals surface area contributed by atoms with Crippen molar-refractivity contribution in [3.63, 3.8) is 0 Å². The highest BCUT2D eigenvalue weighted by atomic mass is 19.4. The summed E-state index contributed by atoms with van der Waals surface area (Å²) in [7, 11) is 0. The summed E-state index contributed by atoms with van der Waals surface area (Å²) in [6.45, 7) is 0. The molecule has 0 saturated carbocycles. The number of nitrogens with one attached hydrogen (secondary N) is 1. The second kappa shape index (κ2) is 7.65. The van der Waals surface area contributed by atoms with E-state index < -0.39 is 12.1 Å². The van der Waals surface area contributed by atoms with Crippen LogP contribution in [0.3, 0.4) is 0 Å². The van der Waals surface area contributed by atoms with Crippen LogP contribution in [0.2, 0.25) is 0 Å². The Kier molecular flexibility index (Phi) is 5.61. The number of alkyl halides is 3. The number of aryl methyl sites for hydroxylation is 1. The number of carbonyl (C=O) groups excluding carboxylic acids is 1. The summed E-state index contributed by atoms with van der Waals surface area (Å²) in [5, 5.41) is 5.89. The molecule has 1 amide bonds. The molecule has 0 spiro atoms. The Hall–Kier alpha value is -2.52. The lowest BCUT2D eigenvalue weighted by molar-refractivity contribution is -0.159. The minimum absolute atomic E-state index is 0.0164. The van der Waals surface area contributed by atoms with Crippen LogP contribution in [-0.2, 0) is 17.4 Å². The molecule has 0 aliphatic rings. The minimum Gasteiger partial charge on any atom is -0.329 e. The molecule has 0 aromatic carbocycles. The van der Waals surface area contributed by atoms with Crippen molar-refractivity contribution in [2.24, 2.45) is 0 Å². The molecule has 2 aromatic rings. The largest absolute Gasteiger partial charge is 0.471 e. The van der Waals surface area contributed by atoms with Gasteiger partial charge in [0.25, 0.3) is 0 Å². The number of nitrogens with zero attached hydrogens (tertiary/aromatic N) is 4. The second-order valence-corrected chi connectivity index (χ2v) is 4.72. The van der Waals surface area contributed by atoms with Gasteiger partial charge in [0.2, 0.25) is 5.91 Å². The van der Waals surface area contributed by atoms with E-state index in [1.165, 1.54) is 12.5 Å². The number of unbranched alkanes of at least 4 members (excludes halogenated alkanes) is 2. The van der Waals surface area contributed by atoms with Crippen LogP contribution >= 0.6 is 0 Å². The van der Waals surface area contributed by atoms with E-state index in [-0.39, 0.29) is 18.2 Å². The molecule has 0 fully saturated rings. The first kappa shape index (κ1) is 16.8. The molecule has 10 heteroatoms. The number of amides is 1. The van der Waals surface area contributed by atoms with Crippen molar-refractivity contribution >= 4 is 11.7 Å². The monoisotopic (exact) mass is 329 g/mol. The van der Waals surface area contributed by atoms with Crippen LogP contribution in [0.1, 0.15) is 37.4 Å². The Bertz CT molecular complexity index is 630. The van der Waals surface area contributed by atoms with Gasteiger partial charge in [0.15, 0.2) is 5.82 Å².